The molecule has 9 heteroatoms. The average molecular weight is 433 g/mol. The Morgan fingerprint density at radius 1 is 1.22 bits per heavy atom. The van der Waals surface area contributed by atoms with Gasteiger partial charge in [-0.2, -0.15) is 5.10 Å². The minimum absolute atomic E-state index is 0.114. The minimum atomic E-state index is -0.700. The number of primary amides is 1. The summed E-state index contributed by atoms with van der Waals surface area (Å²) < 4.78 is 20.8. The standard InChI is InChI=1S/C23H20FN5O3/c1-26-17-5-3-14(4-6-17)9-20(30)28-7-8-29-19(13-28)21(23(25)31)22(27-29)15-10-16(24)12-18(11-15)32-2/h3-6,10-12H,7-9,13H2,2H3,(H2,25,31). The van der Waals surface area contributed by atoms with Crippen LogP contribution in [0.15, 0.2) is 42.5 Å². The smallest absolute Gasteiger partial charge is 0.252 e. The highest BCUT2D eigenvalue weighted by molar-refractivity contribution is 6.00. The lowest BCUT2D eigenvalue weighted by molar-refractivity contribution is -0.132. The van der Waals surface area contributed by atoms with Crippen molar-refractivity contribution in [3.8, 4) is 17.0 Å². The Balaban J connectivity index is 1.63. The van der Waals surface area contributed by atoms with E-state index in [0.29, 0.717) is 35.8 Å². The molecule has 0 aliphatic carbocycles. The molecule has 162 valence electrons. The van der Waals surface area contributed by atoms with Crippen molar-refractivity contribution in [2.75, 3.05) is 13.7 Å². The number of fused-ring (bicyclic) bond motifs is 1. The van der Waals surface area contributed by atoms with Gasteiger partial charge < -0.3 is 15.4 Å². The van der Waals surface area contributed by atoms with Gasteiger partial charge in [-0.3, -0.25) is 14.3 Å². The van der Waals surface area contributed by atoms with E-state index in [0.717, 1.165) is 5.56 Å². The first-order chi connectivity index (χ1) is 15.4. The highest BCUT2D eigenvalue weighted by atomic mass is 19.1. The normalized spacial score (nSPS) is 12.7. The van der Waals surface area contributed by atoms with E-state index in [4.69, 9.17) is 17.0 Å². The van der Waals surface area contributed by atoms with E-state index < -0.39 is 11.7 Å². The van der Waals surface area contributed by atoms with Crippen LogP contribution in [0.1, 0.15) is 21.6 Å². The van der Waals surface area contributed by atoms with E-state index in [1.54, 1.807) is 39.9 Å². The Kier molecular flexibility index (Phi) is 5.60. The van der Waals surface area contributed by atoms with Crippen LogP contribution in [0.25, 0.3) is 16.1 Å². The molecule has 2 heterocycles. The molecule has 2 aromatic carbocycles. The van der Waals surface area contributed by atoms with E-state index >= 15 is 0 Å². The fraction of sp³-hybridized carbons (Fsp3) is 0.217. The highest BCUT2D eigenvalue weighted by Gasteiger charge is 2.30. The number of nitrogens with zero attached hydrogens (tertiary/aromatic N) is 4. The lowest BCUT2D eigenvalue weighted by Crippen LogP contribution is -2.40. The fourth-order valence-corrected chi connectivity index (χ4v) is 3.78. The van der Waals surface area contributed by atoms with Crippen LogP contribution < -0.4 is 10.5 Å². The zero-order chi connectivity index (χ0) is 22.8. The molecule has 0 atom stereocenters. The monoisotopic (exact) mass is 433 g/mol. The molecular weight excluding hydrogens is 413 g/mol. The Hall–Kier alpha value is -4.19. The number of hydrogen-bond acceptors (Lipinski definition) is 4. The fourth-order valence-electron chi connectivity index (χ4n) is 3.78. The first kappa shape index (κ1) is 21.1. The van der Waals surface area contributed by atoms with Gasteiger partial charge in [-0.15, -0.1) is 0 Å². The third-order valence-corrected chi connectivity index (χ3v) is 5.38. The Labute approximate surface area is 183 Å². The van der Waals surface area contributed by atoms with Gasteiger partial charge in [0.15, 0.2) is 5.69 Å². The molecule has 3 aromatic rings. The number of hydrogen-bond donors (Lipinski definition) is 1. The average Bonchev–Trinajstić information content (AvgIpc) is 3.18. The molecule has 1 aliphatic heterocycles. The maximum absolute atomic E-state index is 14.0. The summed E-state index contributed by atoms with van der Waals surface area (Å²) in [5.41, 5.74) is 8.27. The summed E-state index contributed by atoms with van der Waals surface area (Å²) in [7, 11) is 1.42. The van der Waals surface area contributed by atoms with Crippen molar-refractivity contribution in [3.63, 3.8) is 0 Å². The lowest BCUT2D eigenvalue weighted by atomic mass is 10.0. The molecular formula is C23H20FN5O3. The molecule has 0 saturated heterocycles. The van der Waals surface area contributed by atoms with Gasteiger partial charge in [0.1, 0.15) is 17.3 Å². The van der Waals surface area contributed by atoms with Gasteiger partial charge in [0, 0.05) is 18.2 Å². The quantitative estimate of drug-likeness (QED) is 0.626. The van der Waals surface area contributed by atoms with Crippen LogP contribution in [0, 0.1) is 12.4 Å². The van der Waals surface area contributed by atoms with E-state index in [1.807, 2.05) is 0 Å². The van der Waals surface area contributed by atoms with Crippen LogP contribution in [-0.2, 0) is 24.3 Å². The second kappa shape index (κ2) is 8.51. The Bertz CT molecular complexity index is 1240. The first-order valence-electron chi connectivity index (χ1n) is 9.88. The summed E-state index contributed by atoms with van der Waals surface area (Å²) in [6, 6.07) is 10.9. The van der Waals surface area contributed by atoms with Crippen molar-refractivity contribution in [1.82, 2.24) is 14.7 Å². The SMILES string of the molecule is [C-]#[N+]c1ccc(CC(=O)N2CCn3nc(-c4cc(F)cc(OC)c4)c(C(N)=O)c3C2)cc1. The molecule has 0 saturated carbocycles. The molecule has 0 unspecified atom stereocenters. The van der Waals surface area contributed by atoms with E-state index in [2.05, 4.69) is 9.94 Å². The molecule has 1 aromatic heterocycles. The lowest BCUT2D eigenvalue weighted by Gasteiger charge is -2.28. The van der Waals surface area contributed by atoms with Crippen molar-refractivity contribution < 1.29 is 18.7 Å². The highest BCUT2D eigenvalue weighted by Crippen LogP contribution is 2.31. The van der Waals surface area contributed by atoms with Gasteiger partial charge in [0.25, 0.3) is 5.91 Å². The molecule has 0 spiro atoms. The molecule has 0 bridgehead atoms. The molecule has 2 N–H and O–H groups in total. The van der Waals surface area contributed by atoms with Crippen molar-refractivity contribution in [2.24, 2.45) is 5.73 Å². The molecule has 4 rings (SSSR count). The third kappa shape index (κ3) is 4.03. The topological polar surface area (TPSA) is 94.8 Å². The molecule has 0 fully saturated rings. The molecule has 0 radical (unpaired) electrons. The van der Waals surface area contributed by atoms with Crippen molar-refractivity contribution in [2.45, 2.75) is 19.5 Å². The molecule has 1 aliphatic rings. The number of carbonyl (C=O) groups excluding carboxylic acids is 2. The van der Waals surface area contributed by atoms with Crippen molar-refractivity contribution >= 4 is 17.5 Å². The summed E-state index contributed by atoms with van der Waals surface area (Å²) in [6.07, 6.45) is 0.173. The predicted molar refractivity (Wildman–Crippen MR) is 115 cm³/mol. The molecule has 8 nitrogen and oxygen atoms in total. The third-order valence-electron chi connectivity index (χ3n) is 5.38. The first-order valence-corrected chi connectivity index (χ1v) is 9.88. The van der Waals surface area contributed by atoms with Crippen LogP contribution in [0.3, 0.4) is 0 Å². The largest absolute Gasteiger partial charge is 0.497 e. The Morgan fingerprint density at radius 2 is 1.97 bits per heavy atom. The van der Waals surface area contributed by atoms with Gasteiger partial charge in [0.2, 0.25) is 5.91 Å². The number of amides is 2. The van der Waals surface area contributed by atoms with Crippen molar-refractivity contribution in [3.05, 3.63) is 76.5 Å². The van der Waals surface area contributed by atoms with Gasteiger partial charge in [-0.05, 0) is 17.7 Å². The minimum Gasteiger partial charge on any atom is -0.497 e. The molecule has 32 heavy (non-hydrogen) atoms. The number of nitrogens with two attached hydrogens (primary N) is 1. The number of methoxy groups -OCH3 is 1. The van der Waals surface area contributed by atoms with E-state index in [-0.39, 0.29) is 30.1 Å². The number of rotatable bonds is 5. The zero-order valence-corrected chi connectivity index (χ0v) is 17.3. The number of ether oxygens (including phenoxy) is 1. The zero-order valence-electron chi connectivity index (χ0n) is 17.3. The summed E-state index contributed by atoms with van der Waals surface area (Å²) in [5, 5.41) is 4.48. The second-order valence-electron chi connectivity index (χ2n) is 7.41. The van der Waals surface area contributed by atoms with Crippen LogP contribution in [0.4, 0.5) is 10.1 Å². The van der Waals surface area contributed by atoms with Crippen molar-refractivity contribution in [1.29, 1.82) is 0 Å². The number of aromatic nitrogens is 2. The van der Waals surface area contributed by atoms with E-state index in [1.165, 1.54) is 19.2 Å². The molecule has 2 amide bonds. The number of halogens is 1. The van der Waals surface area contributed by atoms with Gasteiger partial charge in [-0.1, -0.05) is 24.3 Å². The summed E-state index contributed by atoms with van der Waals surface area (Å²) in [6.45, 7) is 7.97. The van der Waals surface area contributed by atoms with Crippen LogP contribution >= 0.6 is 0 Å². The van der Waals surface area contributed by atoms with Crippen LogP contribution in [0.2, 0.25) is 0 Å². The summed E-state index contributed by atoms with van der Waals surface area (Å²) >= 11 is 0. The van der Waals surface area contributed by atoms with Crippen LogP contribution in [0.5, 0.6) is 5.75 Å². The predicted octanol–water partition coefficient (Wildman–Crippen LogP) is 2.93. The second-order valence-corrected chi connectivity index (χ2v) is 7.41. The van der Waals surface area contributed by atoms with E-state index in [9.17, 15) is 14.0 Å². The summed E-state index contributed by atoms with van der Waals surface area (Å²) in [4.78, 5) is 30.2. The summed E-state index contributed by atoms with van der Waals surface area (Å²) in [5.74, 6) is -1.05. The van der Waals surface area contributed by atoms with Gasteiger partial charge in [0.05, 0.1) is 44.4 Å². The Morgan fingerprint density at radius 3 is 2.62 bits per heavy atom. The maximum atomic E-state index is 14.0. The van der Waals surface area contributed by atoms with Gasteiger partial charge >= 0.3 is 0 Å². The van der Waals surface area contributed by atoms with Gasteiger partial charge in [-0.25, -0.2) is 9.24 Å². The number of carbonyl (C=O) groups is 2. The number of benzene rings is 2. The maximum Gasteiger partial charge on any atom is 0.252 e. The van der Waals surface area contributed by atoms with Crippen LogP contribution in [-0.4, -0.2) is 40.1 Å².